The second-order valence-electron chi connectivity index (χ2n) is 10.1. The van der Waals surface area contributed by atoms with Crippen molar-refractivity contribution in [3.63, 3.8) is 0 Å². The average molecular weight is 600 g/mol. The van der Waals surface area contributed by atoms with E-state index in [-0.39, 0.29) is 6.54 Å². The Hall–Kier alpha value is -5.15. The highest BCUT2D eigenvalue weighted by Crippen LogP contribution is 2.37. The Labute approximate surface area is 251 Å². The highest BCUT2D eigenvalue weighted by Gasteiger charge is 2.33. The maximum Gasteiger partial charge on any atom is 0.336 e. The van der Waals surface area contributed by atoms with Crippen molar-refractivity contribution in [1.82, 2.24) is 4.90 Å². The second-order valence-corrected chi connectivity index (χ2v) is 10.5. The number of amides is 1. The van der Waals surface area contributed by atoms with Crippen LogP contribution in [-0.4, -0.2) is 44.0 Å². The first-order valence-electron chi connectivity index (χ1n) is 13.4. The SMILES string of the molecule is O=C(O)c1cc(C(=O)O)c(C(=O)N(Cc2cccc(Oc3ccc(Cl)cc3)c2)[C@H]2CCCc3ccccc32)cc1C(=O)O. The molecule has 4 aromatic carbocycles. The zero-order valence-corrected chi connectivity index (χ0v) is 23.5. The molecule has 218 valence electrons. The van der Waals surface area contributed by atoms with Gasteiger partial charge in [0.1, 0.15) is 11.5 Å². The van der Waals surface area contributed by atoms with Crippen molar-refractivity contribution in [2.24, 2.45) is 0 Å². The molecule has 0 spiro atoms. The van der Waals surface area contributed by atoms with Crippen LogP contribution >= 0.6 is 11.6 Å². The van der Waals surface area contributed by atoms with Crippen molar-refractivity contribution < 1.29 is 39.2 Å². The molecule has 0 heterocycles. The van der Waals surface area contributed by atoms with E-state index in [1.807, 2.05) is 24.3 Å². The largest absolute Gasteiger partial charge is 0.478 e. The van der Waals surface area contributed by atoms with Crippen LogP contribution in [0.3, 0.4) is 0 Å². The minimum absolute atomic E-state index is 0.0395. The topological polar surface area (TPSA) is 141 Å². The monoisotopic (exact) mass is 599 g/mol. The molecule has 1 amide bonds. The Balaban J connectivity index is 1.59. The zero-order chi connectivity index (χ0) is 30.7. The number of nitrogens with zero attached hydrogens (tertiary/aromatic N) is 1. The standard InChI is InChI=1S/C33H26ClNO8/c34-21-11-13-22(14-12-21)43-23-8-3-5-19(15-23)18-35(29-10-4-7-20-6-1-2-9-24(20)29)30(36)25-16-27(32(39)40)28(33(41)42)17-26(25)31(37)38/h1-3,5-6,8-9,11-17,29H,4,7,10,18H2,(H,37,38)(H,39,40)(H,41,42)/t29-/m0/s1. The summed E-state index contributed by atoms with van der Waals surface area (Å²) >= 11 is 5.98. The van der Waals surface area contributed by atoms with E-state index in [0.29, 0.717) is 28.5 Å². The molecule has 5 rings (SSSR count). The fraction of sp³-hybridized carbons (Fsp3) is 0.152. The molecule has 10 heteroatoms. The Morgan fingerprint density at radius 1 is 0.744 bits per heavy atom. The van der Waals surface area contributed by atoms with Crippen LogP contribution in [0.4, 0.5) is 0 Å². The highest BCUT2D eigenvalue weighted by atomic mass is 35.5. The van der Waals surface area contributed by atoms with Crippen LogP contribution in [0, 0.1) is 0 Å². The van der Waals surface area contributed by atoms with Crippen molar-refractivity contribution in [2.75, 3.05) is 0 Å². The molecule has 0 radical (unpaired) electrons. The van der Waals surface area contributed by atoms with Crippen LogP contribution in [0.15, 0.2) is 84.9 Å². The number of carboxylic acid groups (broad SMARTS) is 3. The number of rotatable bonds is 9. The number of carbonyl (C=O) groups excluding carboxylic acids is 1. The summed E-state index contributed by atoms with van der Waals surface area (Å²) < 4.78 is 5.97. The van der Waals surface area contributed by atoms with Crippen molar-refractivity contribution in [3.8, 4) is 11.5 Å². The number of halogens is 1. The molecule has 43 heavy (non-hydrogen) atoms. The molecule has 0 aromatic heterocycles. The van der Waals surface area contributed by atoms with Gasteiger partial charge in [0.05, 0.1) is 28.3 Å². The first-order chi connectivity index (χ1) is 20.6. The van der Waals surface area contributed by atoms with Crippen LogP contribution in [0.1, 0.15) is 77.0 Å². The molecule has 1 atom stereocenters. The number of aromatic carboxylic acids is 3. The number of aryl methyl sites for hydroxylation is 1. The molecule has 0 aliphatic heterocycles. The third-order valence-electron chi connectivity index (χ3n) is 7.35. The summed E-state index contributed by atoms with van der Waals surface area (Å²) in [6, 6.07) is 22.7. The van der Waals surface area contributed by atoms with E-state index in [9.17, 15) is 34.5 Å². The van der Waals surface area contributed by atoms with Gasteiger partial charge < -0.3 is 25.0 Å². The molecule has 0 unspecified atom stereocenters. The zero-order valence-electron chi connectivity index (χ0n) is 22.7. The van der Waals surface area contributed by atoms with Gasteiger partial charge in [0.15, 0.2) is 0 Å². The van der Waals surface area contributed by atoms with Gasteiger partial charge in [0.25, 0.3) is 5.91 Å². The molecule has 0 saturated heterocycles. The lowest BCUT2D eigenvalue weighted by atomic mass is 9.86. The van der Waals surface area contributed by atoms with E-state index in [2.05, 4.69) is 0 Å². The van der Waals surface area contributed by atoms with Gasteiger partial charge in [-0.1, -0.05) is 48.0 Å². The van der Waals surface area contributed by atoms with E-state index in [0.717, 1.165) is 36.1 Å². The third-order valence-corrected chi connectivity index (χ3v) is 7.61. The van der Waals surface area contributed by atoms with Crippen molar-refractivity contribution in [2.45, 2.75) is 31.8 Å². The number of carboxylic acids is 3. The summed E-state index contributed by atoms with van der Waals surface area (Å²) in [7, 11) is 0. The van der Waals surface area contributed by atoms with Crippen molar-refractivity contribution >= 4 is 35.4 Å². The lowest BCUT2D eigenvalue weighted by Crippen LogP contribution is -2.37. The third kappa shape index (κ3) is 6.37. The Morgan fingerprint density at radius 3 is 2.05 bits per heavy atom. The maximum absolute atomic E-state index is 14.3. The minimum Gasteiger partial charge on any atom is -0.478 e. The summed E-state index contributed by atoms with van der Waals surface area (Å²) in [5.74, 6) is -4.44. The van der Waals surface area contributed by atoms with Crippen LogP contribution in [0.2, 0.25) is 5.02 Å². The fourth-order valence-electron chi connectivity index (χ4n) is 5.38. The van der Waals surface area contributed by atoms with Crippen LogP contribution < -0.4 is 4.74 Å². The predicted molar refractivity (Wildman–Crippen MR) is 157 cm³/mol. The highest BCUT2D eigenvalue weighted by molar-refractivity contribution is 6.30. The van der Waals surface area contributed by atoms with Crippen molar-refractivity contribution in [1.29, 1.82) is 0 Å². The summed E-state index contributed by atoms with van der Waals surface area (Å²) in [6.45, 7) is 0.0395. The summed E-state index contributed by atoms with van der Waals surface area (Å²) in [5.41, 5.74) is 0.245. The van der Waals surface area contributed by atoms with Crippen molar-refractivity contribution in [3.05, 3.63) is 129 Å². The lowest BCUT2D eigenvalue weighted by Gasteiger charge is -2.36. The molecule has 3 N–H and O–H groups in total. The minimum atomic E-state index is -1.62. The number of hydrogen-bond acceptors (Lipinski definition) is 5. The first-order valence-corrected chi connectivity index (χ1v) is 13.8. The van der Waals surface area contributed by atoms with Gasteiger partial charge in [-0.3, -0.25) is 4.79 Å². The molecular weight excluding hydrogens is 574 g/mol. The Kier molecular flexibility index (Phi) is 8.45. The molecular formula is C33H26ClNO8. The molecule has 1 aliphatic carbocycles. The van der Waals surface area contributed by atoms with Gasteiger partial charge in [-0.2, -0.15) is 0 Å². The molecule has 0 saturated carbocycles. The fourth-order valence-corrected chi connectivity index (χ4v) is 5.51. The first kappa shape index (κ1) is 29.3. The number of ether oxygens (including phenoxy) is 1. The molecule has 4 aromatic rings. The van der Waals surface area contributed by atoms with E-state index in [1.54, 1.807) is 48.5 Å². The van der Waals surface area contributed by atoms with E-state index in [4.69, 9.17) is 16.3 Å². The Bertz CT molecular complexity index is 1730. The predicted octanol–water partition coefficient (Wildman–Crippen LogP) is 6.95. The lowest BCUT2D eigenvalue weighted by molar-refractivity contribution is 0.0611. The molecule has 0 bridgehead atoms. The van der Waals surface area contributed by atoms with E-state index < -0.39 is 52.1 Å². The van der Waals surface area contributed by atoms with Crippen LogP contribution in [0.25, 0.3) is 0 Å². The number of fused-ring (bicyclic) bond motifs is 1. The maximum atomic E-state index is 14.3. The summed E-state index contributed by atoms with van der Waals surface area (Å²) in [5, 5.41) is 29.8. The molecule has 1 aliphatic rings. The number of benzene rings is 4. The van der Waals surface area contributed by atoms with Gasteiger partial charge in [-0.15, -0.1) is 0 Å². The summed E-state index contributed by atoms with van der Waals surface area (Å²) in [6.07, 6.45) is 2.18. The number of carbonyl (C=O) groups is 4. The van der Waals surface area contributed by atoms with Gasteiger partial charge in [0, 0.05) is 11.6 Å². The Morgan fingerprint density at radius 2 is 1.37 bits per heavy atom. The second kappa shape index (κ2) is 12.4. The quantitative estimate of drug-likeness (QED) is 0.188. The van der Waals surface area contributed by atoms with Gasteiger partial charge >= 0.3 is 17.9 Å². The normalized spacial score (nSPS) is 13.9. The average Bonchev–Trinajstić information content (AvgIpc) is 3.00. The van der Waals surface area contributed by atoms with E-state index >= 15 is 0 Å². The van der Waals surface area contributed by atoms with E-state index in [1.165, 1.54) is 4.90 Å². The number of hydrogen-bond donors (Lipinski definition) is 3. The van der Waals surface area contributed by atoms with Crippen LogP contribution in [0.5, 0.6) is 11.5 Å². The summed E-state index contributed by atoms with van der Waals surface area (Å²) in [4.78, 5) is 51.8. The molecule has 9 nitrogen and oxygen atoms in total. The molecule has 0 fully saturated rings. The van der Waals surface area contributed by atoms with Gasteiger partial charge in [-0.05, 0) is 84.5 Å². The van der Waals surface area contributed by atoms with Crippen LogP contribution in [-0.2, 0) is 13.0 Å². The van der Waals surface area contributed by atoms with Gasteiger partial charge in [-0.25, -0.2) is 14.4 Å². The smallest absolute Gasteiger partial charge is 0.336 e. The van der Waals surface area contributed by atoms with Gasteiger partial charge in [0.2, 0.25) is 0 Å².